The molecule has 0 amide bonds. The number of rotatable bonds is 6. The molecule has 78 valence electrons. The fourth-order valence-electron chi connectivity index (χ4n) is 1.12. The summed E-state index contributed by atoms with van der Waals surface area (Å²) >= 11 is 7.69. The van der Waals surface area contributed by atoms with Gasteiger partial charge in [-0.1, -0.05) is 11.6 Å². The molecule has 3 heteroatoms. The van der Waals surface area contributed by atoms with Crippen LogP contribution in [-0.4, -0.2) is 19.3 Å². The molecule has 0 bridgehead atoms. The molecule has 0 aliphatic heterocycles. The number of nitrogens with one attached hydrogen (secondary N) is 1. The first-order valence-electron chi connectivity index (χ1n) is 4.86. The lowest BCUT2D eigenvalue weighted by atomic mass is 10.3. The van der Waals surface area contributed by atoms with Crippen LogP contribution >= 0.6 is 23.4 Å². The van der Waals surface area contributed by atoms with E-state index in [-0.39, 0.29) is 0 Å². The van der Waals surface area contributed by atoms with Gasteiger partial charge in [0.05, 0.1) is 0 Å². The molecule has 0 aromatic heterocycles. The normalized spacial score (nSPS) is 10.4. The molecule has 0 saturated heterocycles. The van der Waals surface area contributed by atoms with Gasteiger partial charge in [-0.05, 0) is 56.5 Å². The first-order valence-corrected chi connectivity index (χ1v) is 6.22. The SMILES string of the molecule is CNCCCCSc1ccc(Cl)cc1. The molecular formula is C11H16ClNS. The monoisotopic (exact) mass is 229 g/mol. The highest BCUT2D eigenvalue weighted by Crippen LogP contribution is 2.21. The van der Waals surface area contributed by atoms with Gasteiger partial charge >= 0.3 is 0 Å². The number of hydrogen-bond donors (Lipinski definition) is 1. The van der Waals surface area contributed by atoms with Gasteiger partial charge in [0.2, 0.25) is 0 Å². The van der Waals surface area contributed by atoms with E-state index in [1.807, 2.05) is 30.9 Å². The maximum Gasteiger partial charge on any atom is 0.0406 e. The van der Waals surface area contributed by atoms with Gasteiger partial charge in [-0.3, -0.25) is 0 Å². The molecule has 0 spiro atoms. The summed E-state index contributed by atoms with van der Waals surface area (Å²) < 4.78 is 0. The van der Waals surface area contributed by atoms with Crippen LogP contribution in [0.3, 0.4) is 0 Å². The van der Waals surface area contributed by atoms with Crippen LogP contribution in [0.15, 0.2) is 29.2 Å². The lowest BCUT2D eigenvalue weighted by Crippen LogP contribution is -2.07. The number of unbranched alkanes of at least 4 members (excludes halogenated alkanes) is 1. The van der Waals surface area contributed by atoms with Gasteiger partial charge in [0.15, 0.2) is 0 Å². The third-order valence-corrected chi connectivity index (χ3v) is 3.25. The predicted octanol–water partition coefficient (Wildman–Crippen LogP) is 3.43. The Hall–Kier alpha value is -0.180. The highest BCUT2D eigenvalue weighted by Gasteiger charge is 1.93. The Morgan fingerprint density at radius 3 is 2.57 bits per heavy atom. The van der Waals surface area contributed by atoms with Crippen molar-refractivity contribution in [3.05, 3.63) is 29.3 Å². The van der Waals surface area contributed by atoms with Gasteiger partial charge in [0, 0.05) is 9.92 Å². The van der Waals surface area contributed by atoms with Gasteiger partial charge in [0.1, 0.15) is 0 Å². The van der Waals surface area contributed by atoms with Crippen molar-refractivity contribution in [3.63, 3.8) is 0 Å². The zero-order valence-electron chi connectivity index (χ0n) is 8.42. The minimum atomic E-state index is 0.810. The van der Waals surface area contributed by atoms with E-state index in [9.17, 15) is 0 Å². The molecule has 1 nitrogen and oxygen atoms in total. The van der Waals surface area contributed by atoms with Gasteiger partial charge < -0.3 is 5.32 Å². The van der Waals surface area contributed by atoms with Gasteiger partial charge in [-0.25, -0.2) is 0 Å². The molecule has 0 aliphatic carbocycles. The number of halogens is 1. The zero-order chi connectivity index (χ0) is 10.2. The third-order valence-electron chi connectivity index (χ3n) is 1.90. The van der Waals surface area contributed by atoms with E-state index in [0.717, 1.165) is 11.6 Å². The van der Waals surface area contributed by atoms with E-state index >= 15 is 0 Å². The average molecular weight is 230 g/mol. The minimum Gasteiger partial charge on any atom is -0.320 e. The fraction of sp³-hybridized carbons (Fsp3) is 0.455. The molecule has 0 heterocycles. The summed E-state index contributed by atoms with van der Waals surface area (Å²) in [4.78, 5) is 1.30. The second-order valence-electron chi connectivity index (χ2n) is 3.11. The lowest BCUT2D eigenvalue weighted by molar-refractivity contribution is 0.715. The van der Waals surface area contributed by atoms with Crippen LogP contribution in [0.1, 0.15) is 12.8 Å². The molecular weight excluding hydrogens is 214 g/mol. The zero-order valence-corrected chi connectivity index (χ0v) is 10.00. The van der Waals surface area contributed by atoms with Crippen molar-refractivity contribution in [3.8, 4) is 0 Å². The Morgan fingerprint density at radius 1 is 1.21 bits per heavy atom. The summed E-state index contributed by atoms with van der Waals surface area (Å²) in [6.07, 6.45) is 2.51. The maximum atomic E-state index is 5.80. The van der Waals surface area contributed by atoms with Gasteiger partial charge in [0.25, 0.3) is 0 Å². The van der Waals surface area contributed by atoms with Crippen molar-refractivity contribution in [2.75, 3.05) is 19.3 Å². The topological polar surface area (TPSA) is 12.0 Å². The first-order chi connectivity index (χ1) is 6.83. The number of hydrogen-bond acceptors (Lipinski definition) is 2. The van der Waals surface area contributed by atoms with Crippen molar-refractivity contribution < 1.29 is 0 Å². The Labute approximate surface area is 95.2 Å². The van der Waals surface area contributed by atoms with E-state index in [1.165, 1.54) is 23.5 Å². The van der Waals surface area contributed by atoms with Crippen molar-refractivity contribution in [2.45, 2.75) is 17.7 Å². The van der Waals surface area contributed by atoms with Crippen molar-refractivity contribution >= 4 is 23.4 Å². The number of benzene rings is 1. The molecule has 0 fully saturated rings. The van der Waals surface area contributed by atoms with Crippen LogP contribution < -0.4 is 5.32 Å². The molecule has 0 unspecified atom stereocenters. The summed E-state index contributed by atoms with van der Waals surface area (Å²) in [5.74, 6) is 1.18. The quantitative estimate of drug-likeness (QED) is 0.593. The maximum absolute atomic E-state index is 5.80. The molecule has 1 N–H and O–H groups in total. The minimum absolute atomic E-state index is 0.810. The fourth-order valence-corrected chi connectivity index (χ4v) is 2.16. The Balaban J connectivity index is 2.15. The molecule has 0 saturated carbocycles. The van der Waals surface area contributed by atoms with Crippen LogP contribution in [0.5, 0.6) is 0 Å². The van der Waals surface area contributed by atoms with Gasteiger partial charge in [-0.2, -0.15) is 0 Å². The van der Waals surface area contributed by atoms with Crippen LogP contribution in [0.25, 0.3) is 0 Å². The lowest BCUT2D eigenvalue weighted by Gasteiger charge is -2.01. The molecule has 0 radical (unpaired) electrons. The number of thioether (sulfide) groups is 1. The average Bonchev–Trinajstić information content (AvgIpc) is 2.21. The highest BCUT2D eigenvalue weighted by molar-refractivity contribution is 7.99. The van der Waals surface area contributed by atoms with E-state index in [1.54, 1.807) is 0 Å². The summed E-state index contributed by atoms with van der Waals surface area (Å²) in [5.41, 5.74) is 0. The van der Waals surface area contributed by atoms with Crippen LogP contribution in [-0.2, 0) is 0 Å². The predicted molar refractivity (Wildman–Crippen MR) is 65.3 cm³/mol. The van der Waals surface area contributed by atoms with E-state index < -0.39 is 0 Å². The Morgan fingerprint density at radius 2 is 1.93 bits per heavy atom. The smallest absolute Gasteiger partial charge is 0.0406 e. The van der Waals surface area contributed by atoms with Crippen molar-refractivity contribution in [1.82, 2.24) is 5.32 Å². The third kappa shape index (κ3) is 4.89. The Bertz CT molecular complexity index is 248. The standard InChI is InChI=1S/C11H16ClNS/c1-13-8-2-3-9-14-11-6-4-10(12)5-7-11/h4-7,13H,2-3,8-9H2,1H3. The van der Waals surface area contributed by atoms with Crippen molar-refractivity contribution in [1.29, 1.82) is 0 Å². The molecule has 1 rings (SSSR count). The first kappa shape index (κ1) is 11.9. The molecule has 0 aliphatic rings. The van der Waals surface area contributed by atoms with E-state index in [4.69, 9.17) is 11.6 Å². The van der Waals surface area contributed by atoms with Crippen LogP contribution in [0, 0.1) is 0 Å². The molecule has 0 atom stereocenters. The van der Waals surface area contributed by atoms with Crippen LogP contribution in [0.4, 0.5) is 0 Å². The largest absolute Gasteiger partial charge is 0.320 e. The van der Waals surface area contributed by atoms with Gasteiger partial charge in [-0.15, -0.1) is 11.8 Å². The van der Waals surface area contributed by atoms with Crippen molar-refractivity contribution in [2.24, 2.45) is 0 Å². The molecule has 1 aromatic carbocycles. The second kappa shape index (κ2) is 7.16. The van der Waals surface area contributed by atoms with Crippen LogP contribution in [0.2, 0.25) is 5.02 Å². The summed E-state index contributed by atoms with van der Waals surface area (Å²) in [7, 11) is 1.99. The summed E-state index contributed by atoms with van der Waals surface area (Å²) in [5, 5.41) is 3.96. The summed E-state index contributed by atoms with van der Waals surface area (Å²) in [6, 6.07) is 8.03. The highest BCUT2D eigenvalue weighted by atomic mass is 35.5. The molecule has 14 heavy (non-hydrogen) atoms. The van der Waals surface area contributed by atoms with E-state index in [2.05, 4.69) is 17.4 Å². The molecule has 1 aromatic rings. The summed E-state index contributed by atoms with van der Waals surface area (Å²) in [6.45, 7) is 1.11. The second-order valence-corrected chi connectivity index (χ2v) is 4.72. The van der Waals surface area contributed by atoms with E-state index in [0.29, 0.717) is 0 Å². The Kier molecular flexibility index (Phi) is 6.08.